The van der Waals surface area contributed by atoms with Crippen LogP contribution in [-0.2, 0) is 6.54 Å². The summed E-state index contributed by atoms with van der Waals surface area (Å²) in [5.41, 5.74) is 1.09. The summed E-state index contributed by atoms with van der Waals surface area (Å²) in [5, 5.41) is 10.2. The molecule has 3 rings (SSSR count). The molecule has 1 aliphatic rings. The van der Waals surface area contributed by atoms with E-state index in [9.17, 15) is 0 Å². The number of hydrogen-bond donors (Lipinski definition) is 1. The Morgan fingerprint density at radius 1 is 1.50 bits per heavy atom. The van der Waals surface area contributed by atoms with E-state index in [-0.39, 0.29) is 0 Å². The summed E-state index contributed by atoms with van der Waals surface area (Å²) in [5.74, 6) is 0. The minimum absolute atomic E-state index is 0.607. The van der Waals surface area contributed by atoms with E-state index in [1.165, 1.54) is 17.7 Å². The third kappa shape index (κ3) is 2.03. The van der Waals surface area contributed by atoms with Gasteiger partial charge >= 0.3 is 0 Å². The van der Waals surface area contributed by atoms with Crippen molar-refractivity contribution in [1.29, 1.82) is 0 Å². The summed E-state index contributed by atoms with van der Waals surface area (Å²) in [6, 6.07) is 6.89. The first kappa shape index (κ1) is 10.1. The lowest BCUT2D eigenvalue weighted by Gasteiger charge is -2.09. The summed E-state index contributed by atoms with van der Waals surface area (Å²) in [6.07, 6.45) is 4.65. The summed E-state index contributed by atoms with van der Waals surface area (Å²) in [4.78, 5) is 1.25. The fraction of sp³-hybridized carbons (Fsp3) is 0.417. The monoisotopic (exact) mass is 233 g/mol. The average Bonchev–Trinajstić information content (AvgIpc) is 2.99. The highest BCUT2D eigenvalue weighted by Crippen LogP contribution is 2.22. The number of rotatable bonds is 3. The maximum Gasteiger partial charge on any atom is 0.102 e. The summed E-state index contributed by atoms with van der Waals surface area (Å²) in [7, 11) is 0. The summed E-state index contributed by atoms with van der Waals surface area (Å²) < 4.78 is 2.05. The predicted molar refractivity (Wildman–Crippen MR) is 66.6 cm³/mol. The van der Waals surface area contributed by atoms with Crippen LogP contribution >= 0.6 is 11.3 Å². The topological polar surface area (TPSA) is 29.9 Å². The Morgan fingerprint density at radius 3 is 3.25 bits per heavy atom. The lowest BCUT2D eigenvalue weighted by molar-refractivity contribution is 0.477. The molecule has 0 radical (unpaired) electrons. The van der Waals surface area contributed by atoms with Gasteiger partial charge in [-0.3, -0.25) is 4.68 Å². The number of thiophene rings is 1. The number of nitrogens with zero attached hydrogens (tertiary/aromatic N) is 2. The van der Waals surface area contributed by atoms with Crippen LogP contribution in [0.25, 0.3) is 10.6 Å². The minimum Gasteiger partial charge on any atom is -0.312 e. The van der Waals surface area contributed by atoms with Gasteiger partial charge in [-0.2, -0.15) is 5.10 Å². The van der Waals surface area contributed by atoms with Crippen LogP contribution in [-0.4, -0.2) is 22.4 Å². The quantitative estimate of drug-likeness (QED) is 0.882. The van der Waals surface area contributed by atoms with Gasteiger partial charge in [0.25, 0.3) is 0 Å². The largest absolute Gasteiger partial charge is 0.312 e. The maximum absolute atomic E-state index is 4.60. The van der Waals surface area contributed by atoms with Gasteiger partial charge in [0.05, 0.1) is 11.4 Å². The van der Waals surface area contributed by atoms with E-state index in [2.05, 4.69) is 44.9 Å². The first-order valence-electron chi connectivity index (χ1n) is 5.72. The second-order valence-electron chi connectivity index (χ2n) is 4.19. The Hall–Kier alpha value is -1.13. The van der Waals surface area contributed by atoms with Gasteiger partial charge in [-0.1, -0.05) is 6.07 Å². The highest BCUT2D eigenvalue weighted by Gasteiger charge is 2.14. The van der Waals surface area contributed by atoms with Crippen molar-refractivity contribution in [2.45, 2.75) is 25.4 Å². The van der Waals surface area contributed by atoms with Crippen LogP contribution in [0.2, 0.25) is 0 Å². The number of nitrogens with one attached hydrogen (secondary N) is 1. The molecule has 0 spiro atoms. The Morgan fingerprint density at radius 2 is 2.50 bits per heavy atom. The van der Waals surface area contributed by atoms with Crippen molar-refractivity contribution in [3.63, 3.8) is 0 Å². The molecule has 0 saturated carbocycles. The first-order valence-corrected chi connectivity index (χ1v) is 6.60. The predicted octanol–water partition coefficient (Wildman–Crippen LogP) is 2.36. The fourth-order valence-electron chi connectivity index (χ4n) is 2.16. The van der Waals surface area contributed by atoms with Gasteiger partial charge in [0.1, 0.15) is 5.69 Å². The third-order valence-electron chi connectivity index (χ3n) is 2.98. The second kappa shape index (κ2) is 4.39. The zero-order valence-electron chi connectivity index (χ0n) is 9.10. The van der Waals surface area contributed by atoms with Gasteiger partial charge in [-0.15, -0.1) is 11.3 Å². The molecule has 1 atom stereocenters. The molecular weight excluding hydrogens is 218 g/mol. The molecular formula is C12H15N3S. The normalized spacial score (nSPS) is 20.4. The van der Waals surface area contributed by atoms with Crippen LogP contribution in [0, 0.1) is 0 Å². The molecule has 4 heteroatoms. The Labute approximate surface area is 99.1 Å². The van der Waals surface area contributed by atoms with Crippen LogP contribution in [0.5, 0.6) is 0 Å². The lowest BCUT2D eigenvalue weighted by atomic mass is 10.2. The molecule has 84 valence electrons. The Kier molecular flexibility index (Phi) is 2.76. The zero-order valence-corrected chi connectivity index (χ0v) is 9.91. The van der Waals surface area contributed by atoms with Gasteiger partial charge in [-0.05, 0) is 36.9 Å². The molecule has 3 heterocycles. The van der Waals surface area contributed by atoms with Gasteiger partial charge in [0, 0.05) is 12.2 Å². The van der Waals surface area contributed by atoms with E-state index in [0.29, 0.717) is 6.04 Å². The highest BCUT2D eigenvalue weighted by molar-refractivity contribution is 7.13. The van der Waals surface area contributed by atoms with Crippen molar-refractivity contribution < 1.29 is 0 Å². The van der Waals surface area contributed by atoms with E-state index >= 15 is 0 Å². The van der Waals surface area contributed by atoms with E-state index in [1.54, 1.807) is 11.3 Å². The Balaban J connectivity index is 1.72. The van der Waals surface area contributed by atoms with E-state index in [0.717, 1.165) is 18.8 Å². The molecule has 0 amide bonds. The molecule has 3 nitrogen and oxygen atoms in total. The zero-order chi connectivity index (χ0) is 10.8. The molecule has 0 aromatic carbocycles. The SMILES string of the molecule is c1csc(-c2ccn(C[C@@H]3CCCN3)n2)c1. The highest BCUT2D eigenvalue weighted by atomic mass is 32.1. The van der Waals surface area contributed by atoms with Crippen molar-refractivity contribution in [2.75, 3.05) is 6.54 Å². The van der Waals surface area contributed by atoms with E-state index in [4.69, 9.17) is 0 Å². The van der Waals surface area contributed by atoms with Gasteiger partial charge in [0.2, 0.25) is 0 Å². The van der Waals surface area contributed by atoms with E-state index in [1.807, 2.05) is 0 Å². The van der Waals surface area contributed by atoms with E-state index < -0.39 is 0 Å². The molecule has 0 bridgehead atoms. The van der Waals surface area contributed by atoms with Gasteiger partial charge in [-0.25, -0.2) is 0 Å². The standard InChI is InChI=1S/C12H15N3S/c1-3-10(13-6-1)9-15-7-5-11(14-15)12-4-2-8-16-12/h2,4-5,7-8,10,13H,1,3,6,9H2/t10-/m0/s1. The van der Waals surface area contributed by atoms with Crippen molar-refractivity contribution in [3.8, 4) is 10.6 Å². The van der Waals surface area contributed by atoms with Crippen molar-refractivity contribution >= 4 is 11.3 Å². The van der Waals surface area contributed by atoms with Crippen LogP contribution in [0.4, 0.5) is 0 Å². The van der Waals surface area contributed by atoms with Crippen LogP contribution < -0.4 is 5.32 Å². The molecule has 2 aromatic heterocycles. The number of hydrogen-bond acceptors (Lipinski definition) is 3. The number of aromatic nitrogens is 2. The summed E-state index contributed by atoms with van der Waals surface area (Å²) >= 11 is 1.74. The molecule has 1 fully saturated rings. The van der Waals surface area contributed by atoms with Crippen molar-refractivity contribution in [3.05, 3.63) is 29.8 Å². The summed E-state index contributed by atoms with van der Waals surface area (Å²) in [6.45, 7) is 2.15. The minimum atomic E-state index is 0.607. The second-order valence-corrected chi connectivity index (χ2v) is 5.14. The van der Waals surface area contributed by atoms with Crippen molar-refractivity contribution in [2.24, 2.45) is 0 Å². The van der Waals surface area contributed by atoms with Crippen LogP contribution in [0.3, 0.4) is 0 Å². The lowest BCUT2D eigenvalue weighted by Crippen LogP contribution is -2.26. The maximum atomic E-state index is 4.60. The Bertz CT molecular complexity index is 441. The van der Waals surface area contributed by atoms with Crippen LogP contribution in [0.1, 0.15) is 12.8 Å². The average molecular weight is 233 g/mol. The molecule has 1 aliphatic heterocycles. The fourth-order valence-corrected chi connectivity index (χ4v) is 2.85. The smallest absolute Gasteiger partial charge is 0.102 e. The van der Waals surface area contributed by atoms with Crippen LogP contribution in [0.15, 0.2) is 29.8 Å². The first-order chi connectivity index (χ1) is 7.92. The molecule has 1 N–H and O–H groups in total. The third-order valence-corrected chi connectivity index (χ3v) is 3.88. The van der Waals surface area contributed by atoms with Gasteiger partial charge < -0.3 is 5.32 Å². The molecule has 1 saturated heterocycles. The van der Waals surface area contributed by atoms with Gasteiger partial charge in [0.15, 0.2) is 0 Å². The van der Waals surface area contributed by atoms with Crippen molar-refractivity contribution in [1.82, 2.24) is 15.1 Å². The molecule has 16 heavy (non-hydrogen) atoms. The molecule has 0 aliphatic carbocycles. The molecule has 2 aromatic rings. The molecule has 0 unspecified atom stereocenters.